The van der Waals surface area contributed by atoms with Crippen molar-refractivity contribution in [1.82, 2.24) is 0 Å². The van der Waals surface area contributed by atoms with Gasteiger partial charge in [0.05, 0.1) is 17.6 Å². The lowest BCUT2D eigenvalue weighted by atomic mass is 10.1. The first-order valence-corrected chi connectivity index (χ1v) is 5.69. The lowest BCUT2D eigenvalue weighted by molar-refractivity contribution is -0.384. The van der Waals surface area contributed by atoms with E-state index in [0.29, 0.717) is 18.8 Å². The molecule has 0 aromatic heterocycles. The van der Waals surface area contributed by atoms with E-state index in [-0.39, 0.29) is 11.3 Å². The number of esters is 1. The fourth-order valence-electron chi connectivity index (χ4n) is 1.52. The van der Waals surface area contributed by atoms with Crippen LogP contribution in [0.3, 0.4) is 0 Å². The van der Waals surface area contributed by atoms with E-state index in [1.165, 1.54) is 25.3 Å². The Balaban J connectivity index is 2.86. The van der Waals surface area contributed by atoms with Crippen LogP contribution in [0.2, 0.25) is 0 Å². The lowest BCUT2D eigenvalue weighted by Crippen LogP contribution is -2.08. The van der Waals surface area contributed by atoms with Gasteiger partial charge in [0.25, 0.3) is 5.69 Å². The minimum atomic E-state index is -0.603. The Hall–Kier alpha value is -2.15. The summed E-state index contributed by atoms with van der Waals surface area (Å²) in [5.41, 5.74) is 0.366. The van der Waals surface area contributed by atoms with Crippen LogP contribution in [0.15, 0.2) is 18.2 Å². The largest absolute Gasteiger partial charge is 0.465 e. The summed E-state index contributed by atoms with van der Waals surface area (Å²) in [6, 6.07) is 4.18. The monoisotopic (exact) mass is 268 g/mol. The van der Waals surface area contributed by atoms with Crippen LogP contribution in [0.4, 0.5) is 11.4 Å². The fourth-order valence-corrected chi connectivity index (χ4v) is 1.52. The molecule has 0 saturated carbocycles. The SMILES string of the molecule is COCCCNc1ccc(C(=O)OC)cc1[N+](=O)[O-]. The van der Waals surface area contributed by atoms with E-state index in [4.69, 9.17) is 4.74 Å². The van der Waals surface area contributed by atoms with E-state index in [1.807, 2.05) is 0 Å². The standard InChI is InChI=1S/C12H16N2O5/c1-18-7-3-6-13-10-5-4-9(12(15)19-2)8-11(10)14(16)17/h4-5,8,13H,3,6-7H2,1-2H3. The molecule has 0 aliphatic heterocycles. The summed E-state index contributed by atoms with van der Waals surface area (Å²) < 4.78 is 9.41. The second-order valence-corrected chi connectivity index (χ2v) is 3.75. The molecule has 7 nitrogen and oxygen atoms in total. The minimum absolute atomic E-state index is 0.150. The number of carbonyl (C=O) groups is 1. The Kier molecular flexibility index (Phi) is 5.74. The number of ether oxygens (including phenoxy) is 2. The van der Waals surface area contributed by atoms with Crippen LogP contribution in [-0.4, -0.2) is 38.3 Å². The maximum atomic E-state index is 11.3. The molecule has 0 aliphatic rings. The second-order valence-electron chi connectivity index (χ2n) is 3.75. The highest BCUT2D eigenvalue weighted by molar-refractivity contribution is 5.91. The first-order chi connectivity index (χ1) is 9.10. The van der Waals surface area contributed by atoms with Crippen molar-refractivity contribution in [2.75, 3.05) is 32.7 Å². The van der Waals surface area contributed by atoms with Crippen LogP contribution >= 0.6 is 0 Å². The summed E-state index contributed by atoms with van der Waals surface area (Å²) in [7, 11) is 2.82. The van der Waals surface area contributed by atoms with E-state index in [0.717, 1.165) is 6.42 Å². The van der Waals surface area contributed by atoms with Crippen molar-refractivity contribution < 1.29 is 19.2 Å². The molecule has 0 atom stereocenters. The maximum absolute atomic E-state index is 11.3. The Bertz CT molecular complexity index is 461. The van der Waals surface area contributed by atoms with Gasteiger partial charge in [-0.2, -0.15) is 0 Å². The third kappa shape index (κ3) is 4.22. The number of hydrogen-bond acceptors (Lipinski definition) is 6. The van der Waals surface area contributed by atoms with E-state index in [2.05, 4.69) is 10.1 Å². The highest BCUT2D eigenvalue weighted by Crippen LogP contribution is 2.25. The predicted molar refractivity (Wildman–Crippen MR) is 69.4 cm³/mol. The Morgan fingerprint density at radius 3 is 2.74 bits per heavy atom. The summed E-state index contributed by atoms with van der Waals surface area (Å²) in [6.45, 7) is 1.12. The Morgan fingerprint density at radius 1 is 1.42 bits per heavy atom. The van der Waals surface area contributed by atoms with Gasteiger partial charge in [0.2, 0.25) is 0 Å². The summed E-state index contributed by atoms with van der Waals surface area (Å²) in [5.74, 6) is -0.603. The molecular weight excluding hydrogens is 252 g/mol. The van der Waals surface area contributed by atoms with Crippen molar-refractivity contribution in [1.29, 1.82) is 0 Å². The molecule has 1 N–H and O–H groups in total. The van der Waals surface area contributed by atoms with Crippen molar-refractivity contribution >= 4 is 17.3 Å². The molecule has 19 heavy (non-hydrogen) atoms. The van der Waals surface area contributed by atoms with Gasteiger partial charge in [-0.15, -0.1) is 0 Å². The third-order valence-corrected chi connectivity index (χ3v) is 2.46. The quantitative estimate of drug-likeness (QED) is 0.351. The number of methoxy groups -OCH3 is 2. The van der Waals surface area contributed by atoms with Crippen molar-refractivity contribution in [3.05, 3.63) is 33.9 Å². The first kappa shape index (κ1) is 14.9. The number of nitro benzene ring substituents is 1. The summed E-state index contributed by atoms with van der Waals surface area (Å²) in [4.78, 5) is 21.7. The minimum Gasteiger partial charge on any atom is -0.465 e. The molecule has 0 fully saturated rings. The van der Waals surface area contributed by atoms with Crippen LogP contribution < -0.4 is 5.32 Å². The van der Waals surface area contributed by atoms with Gasteiger partial charge in [0.15, 0.2) is 0 Å². The molecule has 0 spiro atoms. The molecule has 0 aliphatic carbocycles. The van der Waals surface area contributed by atoms with E-state index in [9.17, 15) is 14.9 Å². The van der Waals surface area contributed by atoms with Gasteiger partial charge < -0.3 is 14.8 Å². The second kappa shape index (κ2) is 7.32. The number of nitrogens with zero attached hydrogens (tertiary/aromatic N) is 1. The van der Waals surface area contributed by atoms with Crippen LogP contribution in [0.25, 0.3) is 0 Å². The topological polar surface area (TPSA) is 90.7 Å². The summed E-state index contributed by atoms with van der Waals surface area (Å²) in [5, 5.41) is 13.9. The first-order valence-electron chi connectivity index (χ1n) is 5.69. The van der Waals surface area contributed by atoms with Gasteiger partial charge in [0.1, 0.15) is 5.69 Å². The predicted octanol–water partition coefficient (Wildman–Crippen LogP) is 1.83. The van der Waals surface area contributed by atoms with Crippen molar-refractivity contribution in [3.8, 4) is 0 Å². The number of carbonyl (C=O) groups excluding carboxylic acids is 1. The molecule has 0 saturated heterocycles. The Morgan fingerprint density at radius 2 is 2.16 bits per heavy atom. The molecular formula is C12H16N2O5. The van der Waals surface area contributed by atoms with Crippen molar-refractivity contribution in [2.24, 2.45) is 0 Å². The zero-order valence-electron chi connectivity index (χ0n) is 10.8. The zero-order valence-corrected chi connectivity index (χ0v) is 10.8. The smallest absolute Gasteiger partial charge is 0.338 e. The Labute approximate surface area is 110 Å². The number of nitrogens with one attached hydrogen (secondary N) is 1. The molecule has 7 heteroatoms. The number of nitro groups is 1. The summed E-state index contributed by atoms with van der Waals surface area (Å²) >= 11 is 0. The van der Waals surface area contributed by atoms with Gasteiger partial charge in [-0.1, -0.05) is 0 Å². The average Bonchev–Trinajstić information content (AvgIpc) is 2.42. The number of benzene rings is 1. The van der Waals surface area contributed by atoms with Gasteiger partial charge in [-0.3, -0.25) is 10.1 Å². The fraction of sp³-hybridized carbons (Fsp3) is 0.417. The molecule has 1 aromatic rings. The number of hydrogen-bond donors (Lipinski definition) is 1. The molecule has 0 amide bonds. The molecule has 1 rings (SSSR count). The van der Waals surface area contributed by atoms with Crippen LogP contribution in [0, 0.1) is 10.1 Å². The molecule has 0 heterocycles. The normalized spacial score (nSPS) is 10.0. The van der Waals surface area contributed by atoms with Crippen LogP contribution in [0.1, 0.15) is 16.8 Å². The van der Waals surface area contributed by atoms with Gasteiger partial charge >= 0.3 is 5.97 Å². The highest BCUT2D eigenvalue weighted by Gasteiger charge is 2.17. The van der Waals surface area contributed by atoms with Crippen LogP contribution in [-0.2, 0) is 9.47 Å². The van der Waals surface area contributed by atoms with E-state index in [1.54, 1.807) is 7.11 Å². The molecule has 104 valence electrons. The highest BCUT2D eigenvalue weighted by atomic mass is 16.6. The molecule has 0 bridgehead atoms. The lowest BCUT2D eigenvalue weighted by Gasteiger charge is -2.07. The van der Waals surface area contributed by atoms with Gasteiger partial charge in [-0.05, 0) is 18.6 Å². The molecule has 0 radical (unpaired) electrons. The molecule has 0 unspecified atom stereocenters. The van der Waals surface area contributed by atoms with Crippen molar-refractivity contribution in [3.63, 3.8) is 0 Å². The van der Waals surface area contributed by atoms with Gasteiger partial charge in [0, 0.05) is 26.3 Å². The van der Waals surface area contributed by atoms with Crippen molar-refractivity contribution in [2.45, 2.75) is 6.42 Å². The van der Waals surface area contributed by atoms with Crippen LogP contribution in [0.5, 0.6) is 0 Å². The van der Waals surface area contributed by atoms with E-state index < -0.39 is 10.9 Å². The number of anilines is 1. The molecule has 1 aromatic carbocycles. The zero-order chi connectivity index (χ0) is 14.3. The maximum Gasteiger partial charge on any atom is 0.338 e. The van der Waals surface area contributed by atoms with Gasteiger partial charge in [-0.25, -0.2) is 4.79 Å². The third-order valence-electron chi connectivity index (χ3n) is 2.46. The number of rotatable bonds is 7. The summed E-state index contributed by atoms with van der Waals surface area (Å²) in [6.07, 6.45) is 0.729. The van der Waals surface area contributed by atoms with E-state index >= 15 is 0 Å². The average molecular weight is 268 g/mol.